The number of hydrogen-bond donors (Lipinski definition) is 1. The van der Waals surface area contributed by atoms with E-state index in [9.17, 15) is 8.78 Å². The van der Waals surface area contributed by atoms with E-state index < -0.39 is 0 Å². The lowest BCUT2D eigenvalue weighted by Gasteiger charge is -2.31. The van der Waals surface area contributed by atoms with E-state index in [2.05, 4.69) is 47.8 Å². The molecule has 2 bridgehead atoms. The summed E-state index contributed by atoms with van der Waals surface area (Å²) in [6, 6.07) is 16.2. The first-order valence-electron chi connectivity index (χ1n) is 12.8. The number of nitrogens with one attached hydrogen (secondary N) is 1. The minimum Gasteiger partial charge on any atom is -0.365 e. The van der Waals surface area contributed by atoms with Crippen molar-refractivity contribution in [3.05, 3.63) is 136 Å². The first kappa shape index (κ1) is 22.7. The highest BCUT2D eigenvalue weighted by Crippen LogP contribution is 2.44. The summed E-state index contributed by atoms with van der Waals surface area (Å²) in [6.07, 6.45) is 19.2. The number of allylic oxidation sites excluding steroid dienone is 6. The minimum absolute atomic E-state index is 0.195. The molecule has 3 aromatic rings. The molecule has 1 unspecified atom stereocenters. The zero-order chi connectivity index (χ0) is 24.5. The number of benzene rings is 3. The van der Waals surface area contributed by atoms with Crippen molar-refractivity contribution < 1.29 is 8.78 Å². The zero-order valence-electron chi connectivity index (χ0n) is 20.2. The lowest BCUT2D eigenvalue weighted by atomic mass is 9.73. The predicted octanol–water partition coefficient (Wildman–Crippen LogP) is 8.18. The SMILES string of the molecule is C1=CC2=CC=C(CC2)N1.Fc1ccc(CC2Cc3c(ccc4c3CCC=C4)-c3cc(F)ccc32)cc1. The second kappa shape index (κ2) is 9.73. The van der Waals surface area contributed by atoms with Crippen LogP contribution >= 0.6 is 0 Å². The van der Waals surface area contributed by atoms with Crippen LogP contribution in [0, 0.1) is 11.6 Å². The van der Waals surface area contributed by atoms with E-state index in [1.54, 1.807) is 12.1 Å². The Kier molecular flexibility index (Phi) is 6.14. The zero-order valence-corrected chi connectivity index (χ0v) is 20.2. The van der Waals surface area contributed by atoms with Gasteiger partial charge < -0.3 is 5.32 Å². The highest BCUT2D eigenvalue weighted by Gasteiger charge is 2.28. The highest BCUT2D eigenvalue weighted by molar-refractivity contribution is 5.78. The van der Waals surface area contributed by atoms with Crippen LogP contribution in [0.15, 0.2) is 96.4 Å². The van der Waals surface area contributed by atoms with Gasteiger partial charge in [-0.05, 0) is 125 Å². The topological polar surface area (TPSA) is 12.0 Å². The molecule has 0 saturated heterocycles. The summed E-state index contributed by atoms with van der Waals surface area (Å²) < 4.78 is 27.4. The highest BCUT2D eigenvalue weighted by atomic mass is 19.1. The lowest BCUT2D eigenvalue weighted by molar-refractivity contribution is 0.617. The maximum atomic E-state index is 14.1. The Morgan fingerprint density at radius 3 is 2.47 bits per heavy atom. The number of hydrogen-bond acceptors (Lipinski definition) is 1. The van der Waals surface area contributed by atoms with Crippen LogP contribution in [0.1, 0.15) is 53.0 Å². The molecule has 3 heteroatoms. The van der Waals surface area contributed by atoms with E-state index >= 15 is 0 Å². The second-order valence-electron chi connectivity index (χ2n) is 9.97. The quantitative estimate of drug-likeness (QED) is 0.392. The van der Waals surface area contributed by atoms with E-state index in [1.165, 1.54) is 64.1 Å². The van der Waals surface area contributed by atoms with Gasteiger partial charge in [0.2, 0.25) is 0 Å². The maximum Gasteiger partial charge on any atom is 0.123 e. The van der Waals surface area contributed by atoms with Gasteiger partial charge in [0.1, 0.15) is 11.6 Å². The minimum atomic E-state index is -0.212. The molecule has 2 heterocycles. The molecule has 5 aliphatic rings. The van der Waals surface area contributed by atoms with E-state index in [4.69, 9.17) is 0 Å². The van der Waals surface area contributed by atoms with Gasteiger partial charge >= 0.3 is 0 Å². The molecule has 3 aliphatic carbocycles. The molecule has 180 valence electrons. The fourth-order valence-electron chi connectivity index (χ4n) is 5.82. The van der Waals surface area contributed by atoms with Gasteiger partial charge in [-0.15, -0.1) is 0 Å². The molecule has 36 heavy (non-hydrogen) atoms. The van der Waals surface area contributed by atoms with Gasteiger partial charge in [-0.25, -0.2) is 8.78 Å². The van der Waals surface area contributed by atoms with Crippen LogP contribution in [0.4, 0.5) is 8.78 Å². The van der Waals surface area contributed by atoms with Crippen molar-refractivity contribution >= 4 is 6.08 Å². The Hall–Kier alpha value is -3.72. The van der Waals surface area contributed by atoms with Crippen molar-refractivity contribution in [3.63, 3.8) is 0 Å². The number of fused-ring (bicyclic) bond motifs is 8. The van der Waals surface area contributed by atoms with E-state index in [-0.39, 0.29) is 17.6 Å². The van der Waals surface area contributed by atoms with Gasteiger partial charge in [0.05, 0.1) is 0 Å². The van der Waals surface area contributed by atoms with Crippen LogP contribution in [0.3, 0.4) is 0 Å². The molecule has 1 nitrogen and oxygen atoms in total. The monoisotopic (exact) mass is 477 g/mol. The van der Waals surface area contributed by atoms with Crippen molar-refractivity contribution in [2.75, 3.05) is 0 Å². The van der Waals surface area contributed by atoms with Crippen molar-refractivity contribution in [1.82, 2.24) is 5.32 Å². The second-order valence-corrected chi connectivity index (χ2v) is 9.97. The van der Waals surface area contributed by atoms with Gasteiger partial charge in [-0.2, -0.15) is 0 Å². The van der Waals surface area contributed by atoms with Crippen LogP contribution in [0.5, 0.6) is 0 Å². The molecule has 0 amide bonds. The van der Waals surface area contributed by atoms with Crippen molar-refractivity contribution in [1.29, 1.82) is 0 Å². The van der Waals surface area contributed by atoms with Gasteiger partial charge in [-0.1, -0.05) is 48.6 Å². The van der Waals surface area contributed by atoms with Crippen LogP contribution in [0.25, 0.3) is 17.2 Å². The van der Waals surface area contributed by atoms with Gasteiger partial charge in [0.15, 0.2) is 0 Å². The molecule has 0 radical (unpaired) electrons. The molecule has 1 atom stereocenters. The standard InChI is InChI=1S/C25H20F2.C8H9N/c26-19-8-5-16(6-9-19)13-18-14-24-21-4-2-1-3-17(21)7-11-23(24)25-15-20(27)10-12-22(18)25;1-3-8-4-2-7(1)5-6-9-8/h1,3,5-12,15,18H,2,4,13-14H2;1,3,5-6,9H,2,4H2. The Balaban J connectivity index is 0.000000223. The van der Waals surface area contributed by atoms with E-state index in [0.717, 1.165) is 36.8 Å². The van der Waals surface area contributed by atoms with Crippen LogP contribution in [-0.4, -0.2) is 0 Å². The first-order chi connectivity index (χ1) is 17.6. The summed E-state index contributed by atoms with van der Waals surface area (Å²) in [6.45, 7) is 0. The molecule has 3 aromatic carbocycles. The Bertz CT molecular complexity index is 1420. The van der Waals surface area contributed by atoms with Crippen LogP contribution in [-0.2, 0) is 19.3 Å². The average Bonchev–Trinajstić information content (AvgIpc) is 3.28. The van der Waals surface area contributed by atoms with Crippen LogP contribution < -0.4 is 5.32 Å². The maximum absolute atomic E-state index is 14.1. The van der Waals surface area contributed by atoms with Crippen molar-refractivity contribution in [2.45, 2.75) is 44.4 Å². The first-order valence-corrected chi connectivity index (χ1v) is 12.8. The molecule has 1 N–H and O–H groups in total. The predicted molar refractivity (Wildman–Crippen MR) is 143 cm³/mol. The van der Waals surface area contributed by atoms with Crippen LogP contribution in [0.2, 0.25) is 0 Å². The van der Waals surface area contributed by atoms with Crippen molar-refractivity contribution in [3.8, 4) is 11.1 Å². The summed E-state index contributed by atoms with van der Waals surface area (Å²) in [4.78, 5) is 0. The van der Waals surface area contributed by atoms with E-state index in [0.29, 0.717) is 0 Å². The Labute approximate surface area is 211 Å². The lowest BCUT2D eigenvalue weighted by Crippen LogP contribution is -2.17. The molecule has 0 spiro atoms. The molecule has 0 saturated carbocycles. The fraction of sp³-hybridized carbons (Fsp3) is 0.212. The average molecular weight is 478 g/mol. The smallest absolute Gasteiger partial charge is 0.123 e. The van der Waals surface area contributed by atoms with E-state index in [1.807, 2.05) is 24.4 Å². The molecule has 2 aliphatic heterocycles. The van der Waals surface area contributed by atoms with Gasteiger partial charge in [0, 0.05) is 11.9 Å². The number of halogens is 2. The summed E-state index contributed by atoms with van der Waals surface area (Å²) in [7, 11) is 0. The third kappa shape index (κ3) is 4.58. The Morgan fingerprint density at radius 1 is 0.778 bits per heavy atom. The largest absolute Gasteiger partial charge is 0.365 e. The normalized spacial score (nSPS) is 18.4. The molecular weight excluding hydrogens is 448 g/mol. The molecular formula is C33H29F2N. The third-order valence-corrected chi connectivity index (χ3v) is 7.66. The summed E-state index contributed by atoms with van der Waals surface area (Å²) in [5.41, 5.74) is 11.3. The summed E-state index contributed by atoms with van der Waals surface area (Å²) >= 11 is 0. The van der Waals surface area contributed by atoms with Gasteiger partial charge in [-0.3, -0.25) is 0 Å². The molecule has 8 rings (SSSR count). The fourth-order valence-corrected chi connectivity index (χ4v) is 5.82. The summed E-state index contributed by atoms with van der Waals surface area (Å²) in [5, 5.41) is 3.20. The third-order valence-electron chi connectivity index (χ3n) is 7.66. The summed E-state index contributed by atoms with van der Waals surface area (Å²) in [5.74, 6) is -0.133. The molecule has 0 fully saturated rings. The molecule has 0 aromatic heterocycles. The Morgan fingerprint density at radius 2 is 1.64 bits per heavy atom. The van der Waals surface area contributed by atoms with Gasteiger partial charge in [0.25, 0.3) is 0 Å². The van der Waals surface area contributed by atoms with Crippen molar-refractivity contribution in [2.24, 2.45) is 0 Å². The number of rotatable bonds is 2.